The molecule has 1 aliphatic carbocycles. The van der Waals surface area contributed by atoms with E-state index in [1.807, 2.05) is 0 Å². The van der Waals surface area contributed by atoms with Crippen molar-refractivity contribution in [3.8, 4) is 12.3 Å². The van der Waals surface area contributed by atoms with Gasteiger partial charge in [-0.2, -0.15) is 0 Å². The number of allylic oxidation sites excluding steroid dienone is 3. The minimum atomic E-state index is -0.924. The molecule has 0 fully saturated rings. The van der Waals surface area contributed by atoms with E-state index in [0.29, 0.717) is 0 Å². The van der Waals surface area contributed by atoms with E-state index in [0.717, 1.165) is 0 Å². The van der Waals surface area contributed by atoms with Crippen molar-refractivity contribution in [3.63, 3.8) is 0 Å². The van der Waals surface area contributed by atoms with Gasteiger partial charge in [0.05, 0.1) is 0 Å². The second kappa shape index (κ2) is 5.09. The van der Waals surface area contributed by atoms with Gasteiger partial charge in [-0.05, 0) is 0 Å². The van der Waals surface area contributed by atoms with E-state index >= 15 is 0 Å². The Kier molecular flexibility index (Phi) is 4.00. The first-order valence-electron chi connectivity index (χ1n) is 4.36. The Balaban J connectivity index is 3.08. The fraction of sp³-hybridized carbons (Fsp3) is 0.0909. The zero-order chi connectivity index (χ0) is 13.2. The summed E-state index contributed by atoms with van der Waals surface area (Å²) in [6.45, 7) is 3.52. The van der Waals surface area contributed by atoms with Gasteiger partial charge in [-0.3, -0.25) is 9.59 Å². The van der Waals surface area contributed by atoms with Crippen molar-refractivity contribution in [1.29, 1.82) is 0 Å². The third kappa shape index (κ3) is 2.52. The molecule has 17 heavy (non-hydrogen) atoms. The monoisotopic (exact) mass is 271 g/mol. The number of hydrogen-bond donors (Lipinski definition) is 2. The van der Waals surface area contributed by atoms with Gasteiger partial charge in [0.2, 0.25) is 11.6 Å². The van der Waals surface area contributed by atoms with Gasteiger partial charge in [0.1, 0.15) is 15.8 Å². The number of aliphatic hydroxyl groups excluding tert-OH is 1. The number of halogens is 2. The number of nitrogens with one attached hydrogen (secondary N) is 1. The summed E-state index contributed by atoms with van der Waals surface area (Å²) in [5.74, 6) is -0.228. The fourth-order valence-electron chi connectivity index (χ4n) is 1.09. The molecule has 2 N–H and O–H groups in total. The van der Waals surface area contributed by atoms with Crippen molar-refractivity contribution in [2.24, 2.45) is 0 Å². The summed E-state index contributed by atoms with van der Waals surface area (Å²) in [5.41, 5.74) is -0.0951. The van der Waals surface area contributed by atoms with Gasteiger partial charge in [0.25, 0.3) is 0 Å². The average molecular weight is 272 g/mol. The largest absolute Gasteiger partial charge is 0.503 e. The summed E-state index contributed by atoms with van der Waals surface area (Å²) < 4.78 is 0. The smallest absolute Gasteiger partial charge is 0.242 e. The lowest BCUT2D eigenvalue weighted by atomic mass is 10.1. The highest BCUT2D eigenvalue weighted by Gasteiger charge is 2.33. The first-order chi connectivity index (χ1) is 7.90. The normalized spacial score (nSPS) is 16.1. The van der Waals surface area contributed by atoms with Gasteiger partial charge >= 0.3 is 0 Å². The lowest BCUT2D eigenvalue weighted by Crippen LogP contribution is -2.28. The molecule has 0 atom stereocenters. The van der Waals surface area contributed by atoms with E-state index in [4.69, 9.17) is 29.6 Å². The van der Waals surface area contributed by atoms with E-state index in [-0.39, 0.29) is 17.8 Å². The summed E-state index contributed by atoms with van der Waals surface area (Å²) in [6, 6.07) is 0. The molecule has 0 bridgehead atoms. The number of hydrogen-bond acceptors (Lipinski definition) is 4. The third-order valence-electron chi connectivity index (χ3n) is 1.89. The second-order valence-corrected chi connectivity index (χ2v) is 3.88. The Bertz CT molecular complexity index is 523. The number of carbonyl (C=O) groups excluding carboxylic acids is 2. The van der Waals surface area contributed by atoms with Gasteiger partial charge in [-0.25, -0.2) is 0 Å². The Morgan fingerprint density at radius 3 is 2.41 bits per heavy atom. The number of Topliss-reactive ketones (excluding diaryl/α,β-unsaturated/α-hetero) is 2. The molecule has 0 unspecified atom stereocenters. The third-order valence-corrected chi connectivity index (χ3v) is 2.71. The molecule has 0 aromatic carbocycles. The van der Waals surface area contributed by atoms with E-state index in [1.165, 1.54) is 0 Å². The summed E-state index contributed by atoms with van der Waals surface area (Å²) >= 11 is 11.0. The molecule has 0 aliphatic heterocycles. The molecule has 4 nitrogen and oxygen atoms in total. The molecule has 1 aliphatic rings. The standard InChI is InChI=1S/C11H7Cl2NO3/c1-3-4-5(2)14-8-9(15)6(12)7(13)10(16)11(8)17/h1,14,17H,2,4H2. The first-order valence-corrected chi connectivity index (χ1v) is 5.12. The van der Waals surface area contributed by atoms with Crippen LogP contribution in [-0.4, -0.2) is 16.7 Å². The van der Waals surface area contributed by atoms with Gasteiger partial charge < -0.3 is 10.4 Å². The molecule has 6 heteroatoms. The molecule has 0 heterocycles. The van der Waals surface area contributed by atoms with Crippen LogP contribution in [0.2, 0.25) is 0 Å². The van der Waals surface area contributed by atoms with Gasteiger partial charge in [-0.1, -0.05) is 29.8 Å². The highest BCUT2D eigenvalue weighted by atomic mass is 35.5. The molecule has 1 rings (SSSR count). The fourth-order valence-corrected chi connectivity index (χ4v) is 1.45. The van der Waals surface area contributed by atoms with Crippen LogP contribution in [0.1, 0.15) is 6.42 Å². The van der Waals surface area contributed by atoms with E-state index in [2.05, 4.69) is 17.8 Å². The minimum absolute atomic E-state index is 0.132. The van der Waals surface area contributed by atoms with Crippen LogP contribution in [0, 0.1) is 12.3 Å². The van der Waals surface area contributed by atoms with Gasteiger partial charge in [-0.15, -0.1) is 12.3 Å². The SMILES string of the molecule is C#CCC(=C)NC1=C(O)C(=O)C(Cl)=C(Cl)C1=O. The maximum absolute atomic E-state index is 11.6. The van der Waals surface area contributed by atoms with Crippen LogP contribution in [0.4, 0.5) is 0 Å². The van der Waals surface area contributed by atoms with Crippen LogP contribution in [0.15, 0.2) is 33.8 Å². The first kappa shape index (κ1) is 13.4. The Morgan fingerprint density at radius 2 is 1.88 bits per heavy atom. The van der Waals surface area contributed by atoms with Crippen LogP contribution in [0.5, 0.6) is 0 Å². The summed E-state index contributed by atoms with van der Waals surface area (Å²) in [6.07, 6.45) is 5.18. The number of rotatable bonds is 3. The molecule has 0 radical (unpaired) electrons. The summed E-state index contributed by atoms with van der Waals surface area (Å²) in [7, 11) is 0. The van der Waals surface area contributed by atoms with Gasteiger partial charge in [0, 0.05) is 12.1 Å². The lowest BCUT2D eigenvalue weighted by molar-refractivity contribution is -0.117. The Hall–Kier alpha value is -1.70. The van der Waals surface area contributed by atoms with Crippen molar-refractivity contribution in [2.75, 3.05) is 0 Å². The van der Waals surface area contributed by atoms with Crippen molar-refractivity contribution < 1.29 is 14.7 Å². The molecular weight excluding hydrogens is 265 g/mol. The van der Waals surface area contributed by atoms with Crippen molar-refractivity contribution in [2.45, 2.75) is 6.42 Å². The van der Waals surface area contributed by atoms with Crippen LogP contribution in [-0.2, 0) is 9.59 Å². The van der Waals surface area contributed by atoms with Crippen molar-refractivity contribution in [3.05, 3.63) is 33.8 Å². The maximum Gasteiger partial charge on any atom is 0.242 e. The topological polar surface area (TPSA) is 66.4 Å². The van der Waals surface area contributed by atoms with E-state index < -0.39 is 27.4 Å². The Labute approximate surface area is 108 Å². The zero-order valence-corrected chi connectivity index (χ0v) is 10.0. The number of terminal acetylenes is 1. The molecule has 88 valence electrons. The minimum Gasteiger partial charge on any atom is -0.503 e. The van der Waals surface area contributed by atoms with Crippen LogP contribution in [0.3, 0.4) is 0 Å². The molecule has 0 spiro atoms. The zero-order valence-electron chi connectivity index (χ0n) is 8.51. The highest BCUT2D eigenvalue weighted by Crippen LogP contribution is 2.27. The highest BCUT2D eigenvalue weighted by molar-refractivity contribution is 6.58. The maximum atomic E-state index is 11.6. The molecule has 0 aromatic heterocycles. The molecule has 0 saturated heterocycles. The Morgan fingerprint density at radius 1 is 1.35 bits per heavy atom. The second-order valence-electron chi connectivity index (χ2n) is 3.12. The van der Waals surface area contributed by atoms with Crippen LogP contribution >= 0.6 is 23.2 Å². The molecule has 0 amide bonds. The van der Waals surface area contributed by atoms with Crippen molar-refractivity contribution >= 4 is 34.8 Å². The average Bonchev–Trinajstić information content (AvgIpc) is 2.30. The van der Waals surface area contributed by atoms with Crippen molar-refractivity contribution in [1.82, 2.24) is 5.32 Å². The predicted octanol–water partition coefficient (Wildman–Crippen LogP) is 1.72. The number of carbonyl (C=O) groups is 2. The molecular formula is C11H7Cl2NO3. The molecule has 0 saturated carbocycles. The quantitative estimate of drug-likeness (QED) is 0.606. The van der Waals surface area contributed by atoms with Crippen LogP contribution < -0.4 is 5.32 Å². The van der Waals surface area contributed by atoms with E-state index in [9.17, 15) is 14.7 Å². The number of aliphatic hydroxyl groups is 1. The summed E-state index contributed by atoms with van der Waals surface area (Å²) in [4.78, 5) is 23.0. The molecule has 0 aromatic rings. The van der Waals surface area contributed by atoms with Gasteiger partial charge in [0.15, 0.2) is 5.76 Å². The van der Waals surface area contributed by atoms with E-state index in [1.54, 1.807) is 0 Å². The predicted molar refractivity (Wildman–Crippen MR) is 64.1 cm³/mol. The number of ketones is 2. The van der Waals surface area contributed by atoms with Crippen LogP contribution in [0.25, 0.3) is 0 Å². The summed E-state index contributed by atoms with van der Waals surface area (Å²) in [5, 5.41) is 11.0. The lowest BCUT2D eigenvalue weighted by Gasteiger charge is -2.16.